The number of aliphatic carboxylic acids is 1. The van der Waals surface area contributed by atoms with Gasteiger partial charge in [0.15, 0.2) is 5.69 Å². The molecular formula is C17H14N4O4. The number of hydrogen-bond donors (Lipinski definition) is 3. The van der Waals surface area contributed by atoms with Gasteiger partial charge >= 0.3 is 11.9 Å². The van der Waals surface area contributed by atoms with E-state index < -0.39 is 11.9 Å². The van der Waals surface area contributed by atoms with Gasteiger partial charge in [-0.2, -0.15) is 10.2 Å². The van der Waals surface area contributed by atoms with Crippen LogP contribution in [0.2, 0.25) is 0 Å². The standard InChI is InChI=1S/C17H14N4O4/c22-13(23)7-9-1-4-11(5-2-9)21-12-6-3-10-8-18-19-15(10)14(12)16(20-21)17(24)25/h1-2,4-5,8H,3,6-7H2,(H,18,19)(H,22,23)(H,24,25). The molecule has 8 heteroatoms. The van der Waals surface area contributed by atoms with Gasteiger partial charge in [0.2, 0.25) is 0 Å². The second-order valence-corrected chi connectivity index (χ2v) is 5.89. The Labute approximate surface area is 141 Å². The van der Waals surface area contributed by atoms with Crippen LogP contribution >= 0.6 is 0 Å². The lowest BCUT2D eigenvalue weighted by Crippen LogP contribution is -2.08. The molecule has 3 aromatic rings. The van der Waals surface area contributed by atoms with Crippen molar-refractivity contribution in [1.29, 1.82) is 0 Å². The summed E-state index contributed by atoms with van der Waals surface area (Å²) in [7, 11) is 0. The van der Waals surface area contributed by atoms with Crippen molar-refractivity contribution in [1.82, 2.24) is 20.0 Å². The van der Waals surface area contributed by atoms with E-state index in [2.05, 4.69) is 15.3 Å². The summed E-state index contributed by atoms with van der Waals surface area (Å²) in [5.41, 5.74) is 4.40. The van der Waals surface area contributed by atoms with Gasteiger partial charge in [-0.3, -0.25) is 9.89 Å². The fraction of sp³-hybridized carbons (Fsp3) is 0.176. The summed E-state index contributed by atoms with van der Waals surface area (Å²) < 4.78 is 1.62. The molecule has 0 atom stereocenters. The number of nitrogens with zero attached hydrogens (tertiary/aromatic N) is 3. The molecule has 1 aliphatic carbocycles. The molecule has 4 rings (SSSR count). The molecule has 1 aromatic carbocycles. The molecule has 0 bridgehead atoms. The summed E-state index contributed by atoms with van der Waals surface area (Å²) in [4.78, 5) is 22.4. The highest BCUT2D eigenvalue weighted by Crippen LogP contribution is 2.35. The number of aromatic carboxylic acids is 1. The monoisotopic (exact) mass is 338 g/mol. The quantitative estimate of drug-likeness (QED) is 0.665. The van der Waals surface area contributed by atoms with E-state index in [1.165, 1.54) is 0 Å². The number of nitrogens with one attached hydrogen (secondary N) is 1. The number of carboxylic acids is 2. The molecule has 1 aliphatic rings. The van der Waals surface area contributed by atoms with Crippen LogP contribution in [0.1, 0.15) is 27.3 Å². The smallest absolute Gasteiger partial charge is 0.357 e. The van der Waals surface area contributed by atoms with Crippen LogP contribution in [0.15, 0.2) is 30.5 Å². The van der Waals surface area contributed by atoms with E-state index in [4.69, 9.17) is 5.11 Å². The summed E-state index contributed by atoms with van der Waals surface area (Å²) in [6.45, 7) is 0. The normalized spacial score (nSPS) is 12.5. The Morgan fingerprint density at radius 2 is 1.92 bits per heavy atom. The van der Waals surface area contributed by atoms with Crippen LogP contribution in [-0.4, -0.2) is 42.1 Å². The van der Waals surface area contributed by atoms with Crippen LogP contribution in [0.5, 0.6) is 0 Å². The van der Waals surface area contributed by atoms with Gasteiger partial charge < -0.3 is 10.2 Å². The Kier molecular flexibility index (Phi) is 3.38. The summed E-state index contributed by atoms with van der Waals surface area (Å²) >= 11 is 0. The van der Waals surface area contributed by atoms with E-state index in [0.717, 1.165) is 17.7 Å². The zero-order valence-corrected chi connectivity index (χ0v) is 13.1. The number of rotatable bonds is 4. The molecule has 0 radical (unpaired) electrons. The third kappa shape index (κ3) is 2.47. The molecule has 0 fully saturated rings. The van der Waals surface area contributed by atoms with Crippen LogP contribution in [0, 0.1) is 0 Å². The van der Waals surface area contributed by atoms with Crippen molar-refractivity contribution < 1.29 is 19.8 Å². The second-order valence-electron chi connectivity index (χ2n) is 5.89. The van der Waals surface area contributed by atoms with Crippen molar-refractivity contribution >= 4 is 11.9 Å². The zero-order valence-electron chi connectivity index (χ0n) is 13.1. The van der Waals surface area contributed by atoms with Crippen molar-refractivity contribution in [2.24, 2.45) is 0 Å². The van der Waals surface area contributed by atoms with Gasteiger partial charge in [0, 0.05) is 0 Å². The third-order valence-corrected chi connectivity index (χ3v) is 4.32. The van der Waals surface area contributed by atoms with Crippen molar-refractivity contribution in [3.8, 4) is 16.9 Å². The SMILES string of the molecule is O=C(O)Cc1ccc(-n2nc(C(=O)O)c3c2CCc2cn[nH]c2-3)cc1. The number of benzene rings is 1. The van der Waals surface area contributed by atoms with Crippen LogP contribution in [0.3, 0.4) is 0 Å². The molecule has 25 heavy (non-hydrogen) atoms. The molecule has 0 unspecified atom stereocenters. The van der Waals surface area contributed by atoms with Gasteiger partial charge in [-0.25, -0.2) is 9.48 Å². The maximum Gasteiger partial charge on any atom is 0.357 e. The number of carboxylic acid groups (broad SMARTS) is 2. The van der Waals surface area contributed by atoms with Crippen LogP contribution < -0.4 is 0 Å². The number of aromatic amines is 1. The molecule has 3 N–H and O–H groups in total. The highest BCUT2D eigenvalue weighted by molar-refractivity contribution is 5.95. The van der Waals surface area contributed by atoms with Crippen molar-refractivity contribution in [3.63, 3.8) is 0 Å². The first kappa shape index (κ1) is 15.1. The largest absolute Gasteiger partial charge is 0.481 e. The molecule has 0 aliphatic heterocycles. The zero-order chi connectivity index (χ0) is 17.6. The van der Waals surface area contributed by atoms with E-state index in [0.29, 0.717) is 28.9 Å². The molecular weight excluding hydrogens is 324 g/mol. The Morgan fingerprint density at radius 1 is 1.16 bits per heavy atom. The maximum absolute atomic E-state index is 11.6. The van der Waals surface area contributed by atoms with Gasteiger partial charge in [-0.05, 0) is 36.1 Å². The lowest BCUT2D eigenvalue weighted by atomic mass is 9.94. The first-order chi connectivity index (χ1) is 12.0. The fourth-order valence-corrected chi connectivity index (χ4v) is 3.21. The summed E-state index contributed by atoms with van der Waals surface area (Å²) in [5.74, 6) is -2.00. The van der Waals surface area contributed by atoms with Gasteiger partial charge in [-0.1, -0.05) is 12.1 Å². The predicted octanol–water partition coefficient (Wildman–Crippen LogP) is 1.69. The van der Waals surface area contributed by atoms with Crippen molar-refractivity contribution in [3.05, 3.63) is 53.0 Å². The number of aryl methyl sites for hydroxylation is 1. The fourth-order valence-electron chi connectivity index (χ4n) is 3.21. The molecule has 0 saturated carbocycles. The number of H-pyrrole nitrogens is 1. The maximum atomic E-state index is 11.6. The Balaban J connectivity index is 1.83. The first-order valence-electron chi connectivity index (χ1n) is 7.73. The summed E-state index contributed by atoms with van der Waals surface area (Å²) in [5, 5.41) is 29.6. The van der Waals surface area contributed by atoms with E-state index in [-0.39, 0.29) is 12.1 Å². The minimum Gasteiger partial charge on any atom is -0.481 e. The lowest BCUT2D eigenvalue weighted by Gasteiger charge is -2.14. The number of carbonyl (C=O) groups is 2. The Hall–Kier alpha value is -3.42. The van der Waals surface area contributed by atoms with E-state index in [9.17, 15) is 14.7 Å². The van der Waals surface area contributed by atoms with Gasteiger partial charge in [0.1, 0.15) is 0 Å². The molecule has 0 spiro atoms. The lowest BCUT2D eigenvalue weighted by molar-refractivity contribution is -0.136. The van der Waals surface area contributed by atoms with Crippen molar-refractivity contribution in [2.75, 3.05) is 0 Å². The van der Waals surface area contributed by atoms with Crippen LogP contribution in [0.4, 0.5) is 0 Å². The molecule has 0 amide bonds. The van der Waals surface area contributed by atoms with Crippen LogP contribution in [0.25, 0.3) is 16.9 Å². The third-order valence-electron chi connectivity index (χ3n) is 4.32. The topological polar surface area (TPSA) is 121 Å². The van der Waals surface area contributed by atoms with Gasteiger partial charge in [0.25, 0.3) is 0 Å². The molecule has 2 aromatic heterocycles. The van der Waals surface area contributed by atoms with E-state index in [1.54, 1.807) is 35.1 Å². The average molecular weight is 338 g/mol. The molecule has 2 heterocycles. The predicted molar refractivity (Wildman–Crippen MR) is 86.9 cm³/mol. The molecule has 126 valence electrons. The van der Waals surface area contributed by atoms with Crippen molar-refractivity contribution in [2.45, 2.75) is 19.3 Å². The summed E-state index contributed by atoms with van der Waals surface area (Å²) in [6.07, 6.45) is 3.05. The molecule has 8 nitrogen and oxygen atoms in total. The van der Waals surface area contributed by atoms with Gasteiger partial charge in [0.05, 0.1) is 35.3 Å². The van der Waals surface area contributed by atoms with E-state index >= 15 is 0 Å². The second kappa shape index (κ2) is 5.59. The highest BCUT2D eigenvalue weighted by atomic mass is 16.4. The minimum absolute atomic E-state index is 0.0187. The van der Waals surface area contributed by atoms with Gasteiger partial charge in [-0.15, -0.1) is 0 Å². The summed E-state index contributed by atoms with van der Waals surface area (Å²) in [6, 6.07) is 6.92. The Bertz CT molecular complexity index is 985. The average Bonchev–Trinajstić information content (AvgIpc) is 3.18. The minimum atomic E-state index is -1.10. The first-order valence-corrected chi connectivity index (χ1v) is 7.73. The highest BCUT2D eigenvalue weighted by Gasteiger charge is 2.30. The van der Waals surface area contributed by atoms with E-state index in [1.807, 2.05) is 0 Å². The number of fused-ring (bicyclic) bond motifs is 3. The van der Waals surface area contributed by atoms with Crippen LogP contribution in [-0.2, 0) is 24.1 Å². The number of aromatic nitrogens is 4. The number of hydrogen-bond acceptors (Lipinski definition) is 4. The molecule has 0 saturated heterocycles. The Morgan fingerprint density at radius 3 is 2.60 bits per heavy atom.